The smallest absolute Gasteiger partial charge is 0.273 e. The third-order valence-electron chi connectivity index (χ3n) is 4.81. The van der Waals surface area contributed by atoms with Gasteiger partial charge in [0.2, 0.25) is 0 Å². The summed E-state index contributed by atoms with van der Waals surface area (Å²) in [5.74, 6) is 0.108. The van der Waals surface area contributed by atoms with Gasteiger partial charge in [-0.2, -0.15) is 0 Å². The zero-order valence-electron chi connectivity index (χ0n) is 15.2. The number of hydrogen-bond acceptors (Lipinski definition) is 5. The molecule has 0 spiro atoms. The molecule has 3 aromatic rings. The third-order valence-corrected chi connectivity index (χ3v) is 4.81. The predicted octanol–water partition coefficient (Wildman–Crippen LogP) is 4.93. The number of fused-ring (bicyclic) bond motifs is 1. The molecule has 6 heteroatoms. The lowest BCUT2D eigenvalue weighted by atomic mass is 10.0. The molecule has 1 aliphatic carbocycles. The monoisotopic (exact) mass is 373 g/mol. The summed E-state index contributed by atoms with van der Waals surface area (Å²) in [5.41, 5.74) is 2.66. The second kappa shape index (κ2) is 6.42. The summed E-state index contributed by atoms with van der Waals surface area (Å²) in [6, 6.07) is 13.3. The number of furan rings is 1. The van der Waals surface area contributed by atoms with Crippen molar-refractivity contribution in [2.24, 2.45) is 0 Å². The van der Waals surface area contributed by atoms with E-state index in [4.69, 9.17) is 4.42 Å². The molecule has 0 aliphatic heterocycles. The Balaban J connectivity index is 1.74. The van der Waals surface area contributed by atoms with Crippen LogP contribution in [0.3, 0.4) is 0 Å². The molecule has 1 aliphatic rings. The van der Waals surface area contributed by atoms with Crippen LogP contribution < -0.4 is 0 Å². The molecule has 2 aromatic carbocycles. The minimum atomic E-state index is -0.426. The number of nitro groups is 1. The van der Waals surface area contributed by atoms with E-state index in [0.29, 0.717) is 33.8 Å². The summed E-state index contributed by atoms with van der Waals surface area (Å²) < 4.78 is 5.79. The molecule has 1 heterocycles. The lowest BCUT2D eigenvalue weighted by Gasteiger charge is -2.05. The first-order chi connectivity index (χ1) is 13.4. The fourth-order valence-corrected chi connectivity index (χ4v) is 3.41. The zero-order valence-corrected chi connectivity index (χ0v) is 15.2. The van der Waals surface area contributed by atoms with Gasteiger partial charge in [0, 0.05) is 28.3 Å². The molecule has 0 atom stereocenters. The van der Waals surface area contributed by atoms with Crippen molar-refractivity contribution in [2.45, 2.75) is 13.8 Å². The Labute approximate surface area is 160 Å². The second-order valence-corrected chi connectivity index (χ2v) is 6.68. The number of ketones is 2. The number of nitrogens with zero attached hydrogens (tertiary/aromatic N) is 1. The van der Waals surface area contributed by atoms with E-state index >= 15 is 0 Å². The molecule has 0 amide bonds. The molecule has 0 radical (unpaired) electrons. The number of rotatable bonds is 3. The highest BCUT2D eigenvalue weighted by Gasteiger charge is 2.32. The van der Waals surface area contributed by atoms with Crippen LogP contribution in [0.25, 0.3) is 17.4 Å². The number of allylic oxidation sites excluding steroid dienone is 1. The maximum atomic E-state index is 12.5. The van der Waals surface area contributed by atoms with Gasteiger partial charge in [-0.05, 0) is 43.7 Å². The minimum Gasteiger partial charge on any atom is -0.457 e. The van der Waals surface area contributed by atoms with Crippen molar-refractivity contribution in [3.8, 4) is 11.3 Å². The van der Waals surface area contributed by atoms with Crippen molar-refractivity contribution >= 4 is 23.3 Å². The first-order valence-electron chi connectivity index (χ1n) is 8.63. The number of hydrogen-bond donors (Lipinski definition) is 0. The van der Waals surface area contributed by atoms with Crippen molar-refractivity contribution in [1.82, 2.24) is 0 Å². The number of Topliss-reactive ketones (excluding diaryl/α,β-unsaturated/α-hetero) is 2. The van der Waals surface area contributed by atoms with Crippen LogP contribution in [0.4, 0.5) is 5.69 Å². The molecule has 138 valence electrons. The van der Waals surface area contributed by atoms with E-state index in [-0.39, 0.29) is 22.8 Å². The standard InChI is InChI=1S/C22H15NO5/c1-12-9-17(13(2)19(10-12)23(26)27)20-8-7-14(28-20)11-18-21(24)15-5-3-4-6-16(15)22(18)25/h3-11H,1-2H3. The lowest BCUT2D eigenvalue weighted by molar-refractivity contribution is -0.385. The lowest BCUT2D eigenvalue weighted by Crippen LogP contribution is -1.99. The topological polar surface area (TPSA) is 90.4 Å². The van der Waals surface area contributed by atoms with Gasteiger partial charge >= 0.3 is 0 Å². The first-order valence-corrected chi connectivity index (χ1v) is 8.63. The summed E-state index contributed by atoms with van der Waals surface area (Å²) in [5, 5.41) is 11.3. The van der Waals surface area contributed by atoms with E-state index < -0.39 is 4.92 Å². The average molecular weight is 373 g/mol. The minimum absolute atomic E-state index is 0.0166. The molecule has 28 heavy (non-hydrogen) atoms. The summed E-state index contributed by atoms with van der Waals surface area (Å²) in [7, 11) is 0. The van der Waals surface area contributed by atoms with Gasteiger partial charge in [-0.3, -0.25) is 19.7 Å². The van der Waals surface area contributed by atoms with Gasteiger partial charge in [0.15, 0.2) is 11.6 Å². The second-order valence-electron chi connectivity index (χ2n) is 6.68. The molecule has 0 N–H and O–H groups in total. The van der Waals surface area contributed by atoms with Crippen LogP contribution >= 0.6 is 0 Å². The molecule has 0 saturated heterocycles. The van der Waals surface area contributed by atoms with Gasteiger partial charge in [-0.1, -0.05) is 24.3 Å². The average Bonchev–Trinajstić information content (AvgIpc) is 3.23. The molecule has 4 rings (SSSR count). The molecule has 0 unspecified atom stereocenters. The normalized spacial score (nSPS) is 13.0. The molecular weight excluding hydrogens is 358 g/mol. The van der Waals surface area contributed by atoms with Gasteiger partial charge in [0.25, 0.3) is 5.69 Å². The largest absolute Gasteiger partial charge is 0.457 e. The van der Waals surface area contributed by atoms with Crippen molar-refractivity contribution in [3.05, 3.63) is 92.2 Å². The maximum absolute atomic E-state index is 12.5. The van der Waals surface area contributed by atoms with Crippen molar-refractivity contribution in [1.29, 1.82) is 0 Å². The van der Waals surface area contributed by atoms with E-state index in [9.17, 15) is 19.7 Å². The molecule has 0 bridgehead atoms. The van der Waals surface area contributed by atoms with Gasteiger partial charge in [-0.25, -0.2) is 0 Å². The van der Waals surface area contributed by atoms with Crippen molar-refractivity contribution in [2.75, 3.05) is 0 Å². The van der Waals surface area contributed by atoms with E-state index in [2.05, 4.69) is 0 Å². The number of benzene rings is 2. The van der Waals surface area contributed by atoms with Gasteiger partial charge in [0.1, 0.15) is 11.5 Å². The Hall–Kier alpha value is -3.80. The van der Waals surface area contributed by atoms with Crippen LogP contribution in [0.5, 0.6) is 0 Å². The van der Waals surface area contributed by atoms with E-state index in [1.165, 1.54) is 12.1 Å². The Morgan fingerprint density at radius 2 is 1.57 bits per heavy atom. The first kappa shape index (κ1) is 17.6. The number of aryl methyl sites for hydroxylation is 1. The maximum Gasteiger partial charge on any atom is 0.273 e. The van der Waals surface area contributed by atoms with Crippen LogP contribution in [0.15, 0.2) is 58.5 Å². The fourth-order valence-electron chi connectivity index (χ4n) is 3.41. The molecule has 1 aromatic heterocycles. The predicted molar refractivity (Wildman–Crippen MR) is 103 cm³/mol. The Morgan fingerprint density at radius 3 is 2.18 bits per heavy atom. The quantitative estimate of drug-likeness (QED) is 0.281. The van der Waals surface area contributed by atoms with E-state index in [0.717, 1.165) is 5.56 Å². The van der Waals surface area contributed by atoms with Crippen LogP contribution in [0.2, 0.25) is 0 Å². The van der Waals surface area contributed by atoms with Gasteiger partial charge < -0.3 is 4.42 Å². The van der Waals surface area contributed by atoms with Crippen LogP contribution in [-0.4, -0.2) is 16.5 Å². The fraction of sp³-hybridized carbons (Fsp3) is 0.0909. The third kappa shape index (κ3) is 2.75. The number of carbonyl (C=O) groups excluding carboxylic acids is 2. The van der Waals surface area contributed by atoms with Crippen LogP contribution in [-0.2, 0) is 0 Å². The molecule has 0 fully saturated rings. The summed E-state index contributed by atoms with van der Waals surface area (Å²) in [4.78, 5) is 35.8. The Bertz CT molecular complexity index is 1160. The highest BCUT2D eigenvalue weighted by molar-refractivity contribution is 6.41. The van der Waals surface area contributed by atoms with Gasteiger partial charge in [0.05, 0.1) is 10.5 Å². The summed E-state index contributed by atoms with van der Waals surface area (Å²) in [6.45, 7) is 3.43. The zero-order chi connectivity index (χ0) is 20.0. The molecular formula is C22H15NO5. The number of nitro benzene ring substituents is 1. The van der Waals surface area contributed by atoms with Gasteiger partial charge in [-0.15, -0.1) is 0 Å². The van der Waals surface area contributed by atoms with E-state index in [1.54, 1.807) is 56.3 Å². The Kier molecular flexibility index (Phi) is 4.04. The van der Waals surface area contributed by atoms with Crippen LogP contribution in [0, 0.1) is 24.0 Å². The van der Waals surface area contributed by atoms with Crippen molar-refractivity contribution in [3.63, 3.8) is 0 Å². The molecule has 0 saturated carbocycles. The highest BCUT2D eigenvalue weighted by Crippen LogP contribution is 2.34. The van der Waals surface area contributed by atoms with Crippen LogP contribution in [0.1, 0.15) is 37.6 Å². The number of carbonyl (C=O) groups is 2. The Morgan fingerprint density at radius 1 is 0.929 bits per heavy atom. The SMILES string of the molecule is Cc1cc(-c2ccc(C=C3C(=O)c4ccccc4C3=O)o2)c(C)c([N+](=O)[O-])c1. The molecule has 6 nitrogen and oxygen atoms in total. The van der Waals surface area contributed by atoms with Crippen molar-refractivity contribution < 1.29 is 18.9 Å². The summed E-state index contributed by atoms with van der Waals surface area (Å²) >= 11 is 0. The van der Waals surface area contributed by atoms with E-state index in [1.807, 2.05) is 0 Å². The summed E-state index contributed by atoms with van der Waals surface area (Å²) in [6.07, 6.45) is 1.42. The highest BCUT2D eigenvalue weighted by atomic mass is 16.6.